The van der Waals surface area contributed by atoms with Crippen LogP contribution in [0.15, 0.2) is 23.0 Å². The molecule has 1 aliphatic carbocycles. The minimum Gasteiger partial charge on any atom is -0.459 e. The van der Waals surface area contributed by atoms with E-state index in [0.29, 0.717) is 10.5 Å². The number of esters is 1. The lowest BCUT2D eigenvalue weighted by Gasteiger charge is -2.13. The van der Waals surface area contributed by atoms with Gasteiger partial charge in [-0.25, -0.2) is 4.79 Å². The van der Waals surface area contributed by atoms with Crippen molar-refractivity contribution >= 4 is 29.8 Å². The van der Waals surface area contributed by atoms with Crippen LogP contribution < -0.4 is 5.56 Å². The summed E-state index contributed by atoms with van der Waals surface area (Å²) in [6, 6.07) is 4.78. The molecule has 1 N–H and O–H groups in total. The minimum absolute atomic E-state index is 0.142. The van der Waals surface area contributed by atoms with Crippen LogP contribution >= 0.6 is 23.8 Å². The van der Waals surface area contributed by atoms with E-state index >= 15 is 0 Å². The highest BCUT2D eigenvalue weighted by Gasteiger charge is 2.20. The van der Waals surface area contributed by atoms with Crippen LogP contribution in [0.3, 0.4) is 0 Å². The maximum absolute atomic E-state index is 12.8. The molecular formula is C17H17ClN2O3S. The number of hydrogen-bond acceptors (Lipinski definition) is 4. The highest BCUT2D eigenvalue weighted by Crippen LogP contribution is 2.22. The second-order valence-electron chi connectivity index (χ2n) is 6.00. The average Bonchev–Trinajstić information content (AvgIpc) is 2.96. The maximum Gasteiger partial charge on any atom is 0.339 e. The van der Waals surface area contributed by atoms with Crippen molar-refractivity contribution in [1.29, 1.82) is 0 Å². The number of aromatic nitrogens is 2. The van der Waals surface area contributed by atoms with Gasteiger partial charge in [-0.1, -0.05) is 11.6 Å². The Hall–Kier alpha value is -1.92. The summed E-state index contributed by atoms with van der Waals surface area (Å²) in [5.41, 5.74) is 2.23. The van der Waals surface area contributed by atoms with Gasteiger partial charge < -0.3 is 9.72 Å². The van der Waals surface area contributed by atoms with Gasteiger partial charge in [0.2, 0.25) is 0 Å². The predicted octanol–water partition coefficient (Wildman–Crippen LogP) is 3.60. The molecular weight excluding hydrogens is 348 g/mol. The SMILES string of the molecule is CC(C)OC(=O)c1cc(-n2c(=S)[nH]c3c(c2=O)CCC3)ccc1Cl. The van der Waals surface area contributed by atoms with Crippen molar-refractivity contribution in [2.45, 2.75) is 39.2 Å². The number of benzene rings is 1. The summed E-state index contributed by atoms with van der Waals surface area (Å²) in [5.74, 6) is -0.527. The molecule has 0 bridgehead atoms. The standard InChI is InChI=1S/C17H17ClN2O3S/c1-9(2)23-16(22)12-8-10(6-7-13(12)18)20-15(21)11-4-3-5-14(11)19-17(20)24/h6-9H,3-5H2,1-2H3,(H,19,24). The molecule has 0 amide bonds. The van der Waals surface area contributed by atoms with Gasteiger partial charge in [-0.15, -0.1) is 0 Å². The number of nitrogens with zero attached hydrogens (tertiary/aromatic N) is 1. The molecule has 0 radical (unpaired) electrons. The monoisotopic (exact) mass is 364 g/mol. The molecule has 0 fully saturated rings. The van der Waals surface area contributed by atoms with Gasteiger partial charge in [-0.2, -0.15) is 0 Å². The van der Waals surface area contributed by atoms with Gasteiger partial charge in [0.25, 0.3) is 5.56 Å². The summed E-state index contributed by atoms with van der Waals surface area (Å²) in [6.45, 7) is 3.52. The molecule has 3 rings (SSSR count). The van der Waals surface area contributed by atoms with E-state index < -0.39 is 5.97 Å². The Labute approximate surface area is 149 Å². The number of carbonyl (C=O) groups is 1. The molecule has 0 aliphatic heterocycles. The van der Waals surface area contributed by atoms with Crippen LogP contribution in [0.5, 0.6) is 0 Å². The van der Waals surface area contributed by atoms with Gasteiger partial charge in [-0.05, 0) is 63.5 Å². The van der Waals surface area contributed by atoms with Gasteiger partial charge in [0.1, 0.15) is 0 Å². The summed E-state index contributed by atoms with van der Waals surface area (Å²) < 4.78 is 6.91. The molecule has 1 heterocycles. The van der Waals surface area contributed by atoms with Crippen LogP contribution in [0.2, 0.25) is 5.02 Å². The van der Waals surface area contributed by atoms with E-state index in [1.54, 1.807) is 32.0 Å². The van der Waals surface area contributed by atoms with Gasteiger partial charge in [0.15, 0.2) is 4.77 Å². The van der Waals surface area contributed by atoms with Crippen LogP contribution in [-0.4, -0.2) is 21.6 Å². The fourth-order valence-electron chi connectivity index (χ4n) is 2.85. The van der Waals surface area contributed by atoms with E-state index in [0.717, 1.165) is 30.5 Å². The summed E-state index contributed by atoms with van der Waals surface area (Å²) in [4.78, 5) is 28.1. The Bertz CT molecular complexity index is 930. The van der Waals surface area contributed by atoms with Gasteiger partial charge in [0, 0.05) is 11.3 Å². The van der Waals surface area contributed by atoms with Gasteiger partial charge in [-0.3, -0.25) is 9.36 Å². The second-order valence-corrected chi connectivity index (χ2v) is 6.79. The molecule has 0 saturated heterocycles. The molecule has 24 heavy (non-hydrogen) atoms. The number of ether oxygens (including phenoxy) is 1. The third-order valence-electron chi connectivity index (χ3n) is 3.91. The predicted molar refractivity (Wildman–Crippen MR) is 94.8 cm³/mol. The zero-order valence-electron chi connectivity index (χ0n) is 13.4. The molecule has 5 nitrogen and oxygen atoms in total. The third kappa shape index (κ3) is 3.03. The number of carbonyl (C=O) groups excluding carboxylic acids is 1. The number of H-pyrrole nitrogens is 1. The normalized spacial score (nSPS) is 13.2. The lowest BCUT2D eigenvalue weighted by atomic mass is 10.2. The van der Waals surface area contributed by atoms with E-state index in [1.807, 2.05) is 0 Å². The molecule has 126 valence electrons. The lowest BCUT2D eigenvalue weighted by molar-refractivity contribution is 0.0378. The van der Waals surface area contributed by atoms with Crippen molar-refractivity contribution in [2.24, 2.45) is 0 Å². The molecule has 0 unspecified atom stereocenters. The van der Waals surface area contributed by atoms with E-state index in [1.165, 1.54) is 4.57 Å². The van der Waals surface area contributed by atoms with E-state index in [9.17, 15) is 9.59 Å². The second kappa shape index (κ2) is 6.53. The summed E-state index contributed by atoms with van der Waals surface area (Å²) in [6.07, 6.45) is 2.24. The van der Waals surface area contributed by atoms with Crippen molar-refractivity contribution in [3.63, 3.8) is 0 Å². The molecule has 0 atom stereocenters. The zero-order chi connectivity index (χ0) is 17.4. The van der Waals surface area contributed by atoms with Crippen molar-refractivity contribution in [1.82, 2.24) is 9.55 Å². The van der Waals surface area contributed by atoms with Crippen LogP contribution in [0, 0.1) is 4.77 Å². The van der Waals surface area contributed by atoms with E-state index in [4.69, 9.17) is 28.6 Å². The lowest BCUT2D eigenvalue weighted by Crippen LogP contribution is -2.24. The first kappa shape index (κ1) is 16.9. The molecule has 7 heteroatoms. The summed E-state index contributed by atoms with van der Waals surface area (Å²) in [7, 11) is 0. The first-order valence-corrected chi connectivity index (χ1v) is 8.55. The van der Waals surface area contributed by atoms with Crippen molar-refractivity contribution in [3.05, 3.63) is 55.2 Å². The first-order valence-electron chi connectivity index (χ1n) is 7.76. The number of fused-ring (bicyclic) bond motifs is 1. The van der Waals surface area contributed by atoms with E-state index in [2.05, 4.69) is 4.98 Å². The Morgan fingerprint density at radius 3 is 2.83 bits per heavy atom. The number of aromatic amines is 1. The van der Waals surface area contributed by atoms with Crippen LogP contribution in [-0.2, 0) is 17.6 Å². The van der Waals surface area contributed by atoms with Crippen LogP contribution in [0.4, 0.5) is 0 Å². The van der Waals surface area contributed by atoms with Gasteiger partial charge in [0.05, 0.1) is 22.4 Å². The van der Waals surface area contributed by atoms with E-state index in [-0.39, 0.29) is 22.2 Å². The first-order chi connectivity index (χ1) is 11.4. The largest absolute Gasteiger partial charge is 0.459 e. The highest BCUT2D eigenvalue weighted by atomic mass is 35.5. The van der Waals surface area contributed by atoms with Crippen LogP contribution in [0.1, 0.15) is 41.9 Å². The molecule has 0 saturated carbocycles. The minimum atomic E-state index is -0.527. The Morgan fingerprint density at radius 1 is 1.38 bits per heavy atom. The third-order valence-corrected chi connectivity index (χ3v) is 4.53. The van der Waals surface area contributed by atoms with Crippen molar-refractivity contribution < 1.29 is 9.53 Å². The smallest absolute Gasteiger partial charge is 0.339 e. The Kier molecular flexibility index (Phi) is 4.60. The highest BCUT2D eigenvalue weighted by molar-refractivity contribution is 7.71. The summed E-state index contributed by atoms with van der Waals surface area (Å²) >= 11 is 11.4. The number of hydrogen-bond donors (Lipinski definition) is 1. The fraction of sp³-hybridized carbons (Fsp3) is 0.353. The fourth-order valence-corrected chi connectivity index (χ4v) is 3.36. The Balaban J connectivity index is 2.14. The zero-order valence-corrected chi connectivity index (χ0v) is 15.0. The number of halogens is 1. The average molecular weight is 365 g/mol. The summed E-state index contributed by atoms with van der Waals surface area (Å²) in [5, 5.41) is 0.272. The van der Waals surface area contributed by atoms with Crippen molar-refractivity contribution in [3.8, 4) is 5.69 Å². The molecule has 1 aromatic heterocycles. The molecule has 1 aromatic carbocycles. The Morgan fingerprint density at radius 2 is 2.12 bits per heavy atom. The van der Waals surface area contributed by atoms with Gasteiger partial charge >= 0.3 is 5.97 Å². The van der Waals surface area contributed by atoms with Crippen LogP contribution in [0.25, 0.3) is 5.69 Å². The number of rotatable bonds is 3. The molecule has 0 spiro atoms. The number of nitrogens with one attached hydrogen (secondary N) is 1. The topological polar surface area (TPSA) is 64.1 Å². The maximum atomic E-state index is 12.8. The quantitative estimate of drug-likeness (QED) is 0.667. The van der Waals surface area contributed by atoms with Crippen molar-refractivity contribution in [2.75, 3.05) is 0 Å². The molecule has 1 aliphatic rings. The molecule has 2 aromatic rings. The number of aryl methyl sites for hydroxylation is 1.